The summed E-state index contributed by atoms with van der Waals surface area (Å²) < 4.78 is 44.5. The molecule has 1 heterocycles. The highest BCUT2D eigenvalue weighted by atomic mass is 19.4. The van der Waals surface area contributed by atoms with Crippen LogP contribution in [0, 0.1) is 0 Å². The number of benzene rings is 1. The second kappa shape index (κ2) is 6.51. The Hall–Kier alpha value is -2.56. The van der Waals surface area contributed by atoms with Gasteiger partial charge in [-0.25, -0.2) is 4.79 Å². The summed E-state index contributed by atoms with van der Waals surface area (Å²) in [5.41, 5.74) is -0.178. The Morgan fingerprint density at radius 2 is 1.83 bits per heavy atom. The second-order valence-electron chi connectivity index (χ2n) is 5.60. The fourth-order valence-corrected chi connectivity index (χ4v) is 2.85. The monoisotopic (exact) mass is 332 g/mol. The van der Waals surface area contributed by atoms with E-state index >= 15 is 0 Å². The molecule has 1 aliphatic carbocycles. The minimum atomic E-state index is -4.55. The predicted molar refractivity (Wildman–Crippen MR) is 86.4 cm³/mol. The van der Waals surface area contributed by atoms with Crippen LogP contribution >= 0.6 is 0 Å². The maximum atomic E-state index is 13.1. The van der Waals surface area contributed by atoms with Gasteiger partial charge < -0.3 is 4.42 Å². The van der Waals surface area contributed by atoms with Crippen LogP contribution in [-0.2, 0) is 12.6 Å². The average molecular weight is 332 g/mol. The van der Waals surface area contributed by atoms with Gasteiger partial charge in [-0.05, 0) is 30.4 Å². The predicted octanol–water partition coefficient (Wildman–Crippen LogP) is 5.09. The lowest BCUT2D eigenvalue weighted by atomic mass is 9.89. The highest BCUT2D eigenvalue weighted by Gasteiger charge is 2.37. The highest BCUT2D eigenvalue weighted by Crippen LogP contribution is 2.38. The summed E-state index contributed by atoms with van der Waals surface area (Å²) in [5, 5.41) is 0. The zero-order valence-electron chi connectivity index (χ0n) is 12.8. The Morgan fingerprint density at radius 3 is 2.54 bits per heavy atom. The molecular formula is C19H15F3O2. The van der Waals surface area contributed by atoms with Crippen molar-refractivity contribution < 1.29 is 17.6 Å². The molecule has 1 aliphatic rings. The molecule has 5 heteroatoms. The van der Waals surface area contributed by atoms with E-state index in [9.17, 15) is 18.0 Å². The van der Waals surface area contributed by atoms with Gasteiger partial charge in [0.05, 0.1) is 5.56 Å². The maximum Gasteiger partial charge on any atom is 0.417 e. The van der Waals surface area contributed by atoms with Crippen LogP contribution in [-0.4, -0.2) is 0 Å². The molecule has 1 aromatic heterocycles. The maximum absolute atomic E-state index is 13.1. The van der Waals surface area contributed by atoms with E-state index in [0.717, 1.165) is 5.56 Å². The molecule has 0 fully saturated rings. The molecule has 0 bridgehead atoms. The number of rotatable bonds is 2. The van der Waals surface area contributed by atoms with Crippen molar-refractivity contribution in [3.8, 4) is 0 Å². The summed E-state index contributed by atoms with van der Waals surface area (Å²) in [6.07, 6.45) is 2.21. The zero-order valence-corrected chi connectivity index (χ0v) is 12.8. The quantitative estimate of drug-likeness (QED) is 0.766. The molecule has 0 N–H and O–H groups in total. The number of allylic oxidation sites excluding steroid dienone is 3. The Labute approximate surface area is 136 Å². The minimum Gasteiger partial charge on any atom is -0.423 e. The molecule has 3 rings (SSSR count). The van der Waals surface area contributed by atoms with Gasteiger partial charge >= 0.3 is 11.8 Å². The van der Waals surface area contributed by atoms with E-state index in [1.54, 1.807) is 12.2 Å². The van der Waals surface area contributed by atoms with E-state index in [1.807, 2.05) is 36.4 Å². The van der Waals surface area contributed by atoms with Crippen LogP contribution in [0.1, 0.15) is 35.3 Å². The van der Waals surface area contributed by atoms with Crippen LogP contribution < -0.4 is 5.63 Å². The lowest BCUT2D eigenvalue weighted by Crippen LogP contribution is -2.18. The van der Waals surface area contributed by atoms with E-state index in [0.29, 0.717) is 24.5 Å². The molecule has 2 aromatic rings. The molecule has 0 saturated carbocycles. The SMILES string of the molecule is O=c1cc(C(F)(F)F)c2c(o1)/C(=C/C=C/c1ccccc1)CCC2. The second-order valence-corrected chi connectivity index (χ2v) is 5.60. The Kier molecular flexibility index (Phi) is 4.42. The lowest BCUT2D eigenvalue weighted by molar-refractivity contribution is -0.138. The van der Waals surface area contributed by atoms with Gasteiger partial charge in [-0.1, -0.05) is 48.6 Å². The summed E-state index contributed by atoms with van der Waals surface area (Å²) in [5.74, 6) is 0.0683. The van der Waals surface area contributed by atoms with Crippen molar-refractivity contribution in [1.82, 2.24) is 0 Å². The standard InChI is InChI=1S/C19H15F3O2/c20-19(21,22)16-12-17(23)24-18-14(10-5-11-15(16)18)9-4-8-13-6-2-1-3-7-13/h1-4,6-9,12H,5,10-11H2/b8-4+,14-9+. The van der Waals surface area contributed by atoms with Gasteiger partial charge in [-0.3, -0.25) is 0 Å². The van der Waals surface area contributed by atoms with E-state index in [-0.39, 0.29) is 17.7 Å². The average Bonchev–Trinajstić information content (AvgIpc) is 2.55. The third-order valence-corrected chi connectivity index (χ3v) is 3.92. The molecule has 0 radical (unpaired) electrons. The number of halogens is 3. The summed E-state index contributed by atoms with van der Waals surface area (Å²) >= 11 is 0. The van der Waals surface area contributed by atoms with E-state index in [4.69, 9.17) is 4.42 Å². The topological polar surface area (TPSA) is 30.2 Å². The van der Waals surface area contributed by atoms with Crippen LogP contribution in [0.4, 0.5) is 13.2 Å². The van der Waals surface area contributed by atoms with Gasteiger partial charge in [0.1, 0.15) is 5.76 Å². The van der Waals surface area contributed by atoms with E-state index < -0.39 is 17.4 Å². The molecule has 0 saturated heterocycles. The van der Waals surface area contributed by atoms with Crippen molar-refractivity contribution in [3.05, 3.63) is 81.4 Å². The fraction of sp³-hybridized carbons (Fsp3) is 0.211. The van der Waals surface area contributed by atoms with Gasteiger partial charge in [0, 0.05) is 11.6 Å². The first-order chi connectivity index (χ1) is 11.4. The molecule has 24 heavy (non-hydrogen) atoms. The third kappa shape index (κ3) is 3.50. The van der Waals surface area contributed by atoms with Crippen molar-refractivity contribution >= 4 is 11.6 Å². The molecule has 1 aromatic carbocycles. The largest absolute Gasteiger partial charge is 0.423 e. The molecule has 0 spiro atoms. The van der Waals surface area contributed by atoms with E-state index in [2.05, 4.69) is 0 Å². The molecule has 0 amide bonds. The smallest absolute Gasteiger partial charge is 0.417 e. The van der Waals surface area contributed by atoms with Gasteiger partial charge in [0.2, 0.25) is 0 Å². The molecule has 124 valence electrons. The number of fused-ring (bicyclic) bond motifs is 1. The van der Waals surface area contributed by atoms with Crippen LogP contribution in [0.25, 0.3) is 11.6 Å². The normalized spacial score (nSPS) is 16.5. The minimum absolute atomic E-state index is 0.0683. The molecule has 0 aliphatic heterocycles. The molecular weight excluding hydrogens is 317 g/mol. The van der Waals surface area contributed by atoms with Crippen molar-refractivity contribution in [2.24, 2.45) is 0 Å². The summed E-state index contributed by atoms with van der Waals surface area (Å²) in [6.45, 7) is 0. The van der Waals surface area contributed by atoms with Crippen molar-refractivity contribution in [1.29, 1.82) is 0 Å². The first-order valence-electron chi connectivity index (χ1n) is 7.62. The molecule has 0 unspecified atom stereocenters. The van der Waals surface area contributed by atoms with Crippen LogP contribution in [0.2, 0.25) is 0 Å². The lowest BCUT2D eigenvalue weighted by Gasteiger charge is -2.20. The van der Waals surface area contributed by atoms with Gasteiger partial charge in [-0.2, -0.15) is 13.2 Å². The van der Waals surface area contributed by atoms with Gasteiger partial charge in [-0.15, -0.1) is 0 Å². The summed E-state index contributed by atoms with van der Waals surface area (Å²) in [6, 6.07) is 10.1. The van der Waals surface area contributed by atoms with E-state index in [1.165, 1.54) is 0 Å². The fourth-order valence-electron chi connectivity index (χ4n) is 2.85. The Bertz CT molecular complexity index is 843. The first-order valence-corrected chi connectivity index (χ1v) is 7.62. The number of alkyl halides is 3. The van der Waals surface area contributed by atoms with Crippen LogP contribution in [0.15, 0.2) is 57.8 Å². The molecule has 0 atom stereocenters. The zero-order chi connectivity index (χ0) is 17.2. The molecule has 2 nitrogen and oxygen atoms in total. The van der Waals surface area contributed by atoms with Crippen molar-refractivity contribution in [2.75, 3.05) is 0 Å². The van der Waals surface area contributed by atoms with Crippen LogP contribution in [0.5, 0.6) is 0 Å². The summed E-state index contributed by atoms with van der Waals surface area (Å²) in [4.78, 5) is 11.5. The van der Waals surface area contributed by atoms with Gasteiger partial charge in [0.15, 0.2) is 0 Å². The van der Waals surface area contributed by atoms with Crippen molar-refractivity contribution in [3.63, 3.8) is 0 Å². The highest BCUT2D eigenvalue weighted by molar-refractivity contribution is 5.69. The number of hydrogen-bond donors (Lipinski definition) is 0. The summed E-state index contributed by atoms with van der Waals surface area (Å²) in [7, 11) is 0. The Balaban J connectivity index is 2.00. The van der Waals surface area contributed by atoms with Crippen LogP contribution in [0.3, 0.4) is 0 Å². The van der Waals surface area contributed by atoms with Crippen molar-refractivity contribution in [2.45, 2.75) is 25.4 Å². The first kappa shape index (κ1) is 16.3. The Morgan fingerprint density at radius 1 is 1.08 bits per heavy atom. The number of hydrogen-bond acceptors (Lipinski definition) is 2. The van der Waals surface area contributed by atoms with Gasteiger partial charge in [0.25, 0.3) is 0 Å². The third-order valence-electron chi connectivity index (χ3n) is 3.92.